The Kier molecular flexibility index (Phi) is 21.4. The van der Waals surface area contributed by atoms with Crippen LogP contribution in [0.5, 0.6) is 0 Å². The van der Waals surface area contributed by atoms with E-state index in [1.807, 2.05) is 94.4 Å². The summed E-state index contributed by atoms with van der Waals surface area (Å²) in [5.41, 5.74) is 5.61. The standard InChI is InChI=1S/C57H76ClN11O6S2/c1-37-19-18-20-43(58)50(37)66-54(74)45-34-60-56(77-45)64-46-32-47(63-39(3)62-46)67-27-29-68(30-28-67)49(72)22-17-15-13-11-9-7-8-10-12-14-16-21-48(71)65-52(57(4,5)6)55(75)69-35-42(70)31-44(69)53(73)59-33-40-23-25-41(26-24-40)51-38(2)61-36-76-51/h18-20,23-26,32,34,36,42,44,52,70H,7-17,21-22,27-31,33,35H2,1-6H3,(H,59,73)(H,65,71)(H,66,74)(H,60,62,63,64)/t42-,44+,52?/m1/s1. The Morgan fingerprint density at radius 1 is 0.831 bits per heavy atom. The molecule has 2 aliphatic heterocycles. The molecule has 0 bridgehead atoms. The van der Waals surface area contributed by atoms with Crippen LogP contribution in [0.15, 0.2) is 60.2 Å². The fourth-order valence-corrected chi connectivity index (χ4v) is 11.6. The van der Waals surface area contributed by atoms with Crippen molar-refractivity contribution in [2.45, 2.75) is 156 Å². The lowest BCUT2D eigenvalue weighted by Gasteiger charge is -2.35. The van der Waals surface area contributed by atoms with Gasteiger partial charge >= 0.3 is 0 Å². The molecule has 1 unspecified atom stereocenters. The monoisotopic (exact) mass is 1110 g/mol. The van der Waals surface area contributed by atoms with Crippen molar-refractivity contribution in [3.63, 3.8) is 0 Å². The van der Waals surface area contributed by atoms with Crippen molar-refractivity contribution in [3.05, 3.63) is 92.8 Å². The van der Waals surface area contributed by atoms with Crippen LogP contribution >= 0.6 is 34.3 Å². The van der Waals surface area contributed by atoms with Crippen LogP contribution in [0.2, 0.25) is 5.02 Å². The zero-order chi connectivity index (χ0) is 55.1. The van der Waals surface area contributed by atoms with E-state index in [9.17, 15) is 29.1 Å². The van der Waals surface area contributed by atoms with Crippen LogP contribution in [0.3, 0.4) is 0 Å². The maximum absolute atomic E-state index is 14.0. The highest BCUT2D eigenvalue weighted by molar-refractivity contribution is 7.17. The van der Waals surface area contributed by atoms with E-state index in [0.717, 1.165) is 90.9 Å². The van der Waals surface area contributed by atoms with Crippen LogP contribution in [-0.2, 0) is 25.7 Å². The van der Waals surface area contributed by atoms with Crippen LogP contribution in [0, 0.1) is 26.2 Å². The quantitative estimate of drug-likeness (QED) is 0.0345. The van der Waals surface area contributed by atoms with Crippen molar-refractivity contribution >= 4 is 86.3 Å². The van der Waals surface area contributed by atoms with Gasteiger partial charge in [-0.1, -0.05) is 138 Å². The van der Waals surface area contributed by atoms with Crippen LogP contribution in [0.4, 0.5) is 22.5 Å². The maximum Gasteiger partial charge on any atom is 0.267 e. The van der Waals surface area contributed by atoms with Gasteiger partial charge in [0, 0.05) is 64.6 Å². The fraction of sp³-hybridized carbons (Fsp3) is 0.526. The van der Waals surface area contributed by atoms with Gasteiger partial charge in [0.25, 0.3) is 5.91 Å². The van der Waals surface area contributed by atoms with Gasteiger partial charge in [-0.25, -0.2) is 19.9 Å². The summed E-state index contributed by atoms with van der Waals surface area (Å²) < 4.78 is 0. The number of carbonyl (C=O) groups is 5. The molecule has 2 saturated heterocycles. The molecular formula is C57H76ClN11O6S2. The van der Waals surface area contributed by atoms with E-state index in [2.05, 4.69) is 46.1 Å². The number of piperazine rings is 1. The lowest BCUT2D eigenvalue weighted by atomic mass is 9.85. The summed E-state index contributed by atoms with van der Waals surface area (Å²) in [6.45, 7) is 14.3. The molecule has 414 valence electrons. The Balaban J connectivity index is 0.713. The van der Waals surface area contributed by atoms with Crippen molar-refractivity contribution in [2.75, 3.05) is 48.3 Å². The highest BCUT2D eigenvalue weighted by atomic mass is 35.5. The Labute approximate surface area is 466 Å². The number of aliphatic hydroxyl groups excluding tert-OH is 1. The van der Waals surface area contributed by atoms with E-state index in [-0.39, 0.29) is 49.0 Å². The SMILES string of the molecule is Cc1nc(Nc2ncc(C(=O)Nc3c(C)cccc3Cl)s2)cc(N2CCN(C(=O)CCCCCCCCCCCCCC(=O)NC(C(=O)N3C[C@H](O)C[C@H]3C(=O)NCc3ccc(-c4scnc4C)cc3)C(C)(C)C)CC2)n1. The van der Waals surface area contributed by atoms with E-state index in [1.54, 1.807) is 17.4 Å². The lowest BCUT2D eigenvalue weighted by molar-refractivity contribution is -0.144. The molecule has 5 heterocycles. The second kappa shape index (κ2) is 28.0. The Bertz CT molecular complexity index is 2770. The minimum Gasteiger partial charge on any atom is -0.391 e. The summed E-state index contributed by atoms with van der Waals surface area (Å²) in [5, 5.41) is 23.7. The Hall–Kier alpha value is -6.02. The van der Waals surface area contributed by atoms with Gasteiger partial charge in [0.1, 0.15) is 34.4 Å². The normalized spacial score (nSPS) is 16.1. The first kappa shape index (κ1) is 58.7. The van der Waals surface area contributed by atoms with Crippen LogP contribution in [0.25, 0.3) is 10.4 Å². The summed E-state index contributed by atoms with van der Waals surface area (Å²) in [5.74, 6) is 0.989. The number of aliphatic hydroxyl groups is 1. The largest absolute Gasteiger partial charge is 0.391 e. The third kappa shape index (κ3) is 17.0. The number of rotatable bonds is 25. The molecule has 7 rings (SSSR count). The number of aryl methyl sites for hydroxylation is 3. The number of benzene rings is 2. The summed E-state index contributed by atoms with van der Waals surface area (Å²) >= 11 is 9.11. The van der Waals surface area contributed by atoms with Gasteiger partial charge < -0.3 is 41.1 Å². The van der Waals surface area contributed by atoms with Crippen molar-refractivity contribution in [1.29, 1.82) is 0 Å². The zero-order valence-corrected chi connectivity index (χ0v) is 47.9. The molecule has 3 aromatic heterocycles. The molecule has 17 nitrogen and oxygen atoms in total. The van der Waals surface area contributed by atoms with Gasteiger partial charge in [-0.05, 0) is 61.8 Å². The second-order valence-electron chi connectivity index (χ2n) is 21.4. The molecule has 0 spiro atoms. The Morgan fingerprint density at radius 2 is 1.49 bits per heavy atom. The first-order chi connectivity index (χ1) is 36.9. The molecule has 0 saturated carbocycles. The van der Waals surface area contributed by atoms with Gasteiger partial charge in [0.2, 0.25) is 23.6 Å². The Morgan fingerprint density at radius 3 is 2.13 bits per heavy atom. The van der Waals surface area contributed by atoms with E-state index in [0.29, 0.717) is 71.4 Å². The van der Waals surface area contributed by atoms with Gasteiger partial charge in [-0.15, -0.1) is 11.3 Å². The summed E-state index contributed by atoms with van der Waals surface area (Å²) in [6, 6.07) is 13.6. The number of anilines is 4. The van der Waals surface area contributed by atoms with E-state index in [1.165, 1.54) is 35.3 Å². The first-order valence-corrected chi connectivity index (χ1v) is 29.2. The molecule has 0 aliphatic carbocycles. The average Bonchev–Trinajstić information content (AvgIpc) is 4.18. The van der Waals surface area contributed by atoms with Gasteiger partial charge in [-0.2, -0.15) is 0 Å². The number of hydrogen-bond acceptors (Lipinski definition) is 14. The second-order valence-corrected chi connectivity index (χ2v) is 23.7. The van der Waals surface area contributed by atoms with E-state index >= 15 is 0 Å². The predicted molar refractivity (Wildman–Crippen MR) is 307 cm³/mol. The highest BCUT2D eigenvalue weighted by Gasteiger charge is 2.44. The van der Waals surface area contributed by atoms with E-state index < -0.39 is 23.6 Å². The third-order valence-corrected chi connectivity index (χ3v) is 16.4. The molecule has 77 heavy (non-hydrogen) atoms. The summed E-state index contributed by atoms with van der Waals surface area (Å²) in [7, 11) is 0. The average molecular weight is 1110 g/mol. The number of carbonyl (C=O) groups excluding carboxylic acids is 5. The molecule has 20 heteroatoms. The minimum atomic E-state index is -0.843. The van der Waals surface area contributed by atoms with Gasteiger partial charge in [-0.3, -0.25) is 24.0 Å². The molecule has 2 aromatic carbocycles. The van der Waals surface area contributed by atoms with Crippen LogP contribution in [0.1, 0.15) is 143 Å². The predicted octanol–water partition coefficient (Wildman–Crippen LogP) is 10.2. The lowest BCUT2D eigenvalue weighted by Crippen LogP contribution is -2.57. The smallest absolute Gasteiger partial charge is 0.267 e. The molecule has 0 radical (unpaired) electrons. The number of hydrogen-bond donors (Lipinski definition) is 5. The summed E-state index contributed by atoms with van der Waals surface area (Å²) in [4.78, 5) is 91.8. The number of nitrogens with one attached hydrogen (secondary N) is 4. The van der Waals surface area contributed by atoms with Crippen LogP contribution < -0.4 is 26.2 Å². The topological polar surface area (TPSA) is 215 Å². The number of β-amino-alcohol motifs (C(OH)–C–C–N with tert-alkyl or cyclic N) is 1. The number of amides is 5. The number of para-hydroxylation sites is 1. The number of halogens is 1. The number of nitrogens with zero attached hydrogens (tertiary/aromatic N) is 7. The molecular weight excluding hydrogens is 1030 g/mol. The van der Waals surface area contributed by atoms with Gasteiger partial charge in [0.15, 0.2) is 5.13 Å². The molecule has 3 atom stereocenters. The van der Waals surface area contributed by atoms with Crippen molar-refractivity contribution < 1.29 is 29.1 Å². The summed E-state index contributed by atoms with van der Waals surface area (Å²) in [6.07, 6.45) is 13.2. The third-order valence-electron chi connectivity index (χ3n) is 14.2. The van der Waals surface area contributed by atoms with Crippen LogP contribution in [-0.4, -0.2) is 115 Å². The van der Waals surface area contributed by atoms with Gasteiger partial charge in [0.05, 0.1) is 39.1 Å². The molecule has 5 aromatic rings. The number of likely N-dealkylation sites (tertiary alicyclic amines) is 1. The fourth-order valence-electron chi connectivity index (χ4n) is 9.80. The zero-order valence-electron chi connectivity index (χ0n) is 45.5. The molecule has 5 N–H and O–H groups in total. The molecule has 2 fully saturated rings. The van der Waals surface area contributed by atoms with E-state index in [4.69, 9.17) is 11.6 Å². The minimum absolute atomic E-state index is 0.0363. The number of aromatic nitrogens is 4. The maximum atomic E-state index is 14.0. The molecule has 5 amide bonds. The number of unbranched alkanes of at least 4 members (excludes halogenated alkanes) is 10. The number of thiazole rings is 2. The first-order valence-electron chi connectivity index (χ1n) is 27.2. The van der Waals surface area contributed by atoms with Crippen molar-refractivity contribution in [1.82, 2.24) is 40.4 Å². The van der Waals surface area contributed by atoms with Crippen molar-refractivity contribution in [3.8, 4) is 10.4 Å². The highest BCUT2D eigenvalue weighted by Crippen LogP contribution is 2.31. The molecule has 2 aliphatic rings. The van der Waals surface area contributed by atoms with Crippen molar-refractivity contribution in [2.24, 2.45) is 5.41 Å².